The normalized spacial score (nSPS) is 18.2. The monoisotopic (exact) mass is 460 g/mol. The molecule has 6 nitrogen and oxygen atoms in total. The van der Waals surface area contributed by atoms with Crippen LogP contribution >= 0.6 is 0 Å². The summed E-state index contributed by atoms with van der Waals surface area (Å²) < 4.78 is 6.07. The van der Waals surface area contributed by atoms with E-state index in [1.54, 1.807) is 0 Å². The first kappa shape index (κ1) is 22.8. The van der Waals surface area contributed by atoms with Crippen molar-refractivity contribution in [3.63, 3.8) is 0 Å². The third-order valence-corrected chi connectivity index (χ3v) is 7.10. The number of guanidine groups is 1. The number of nitrogens with one attached hydrogen (secondary N) is 3. The Hall–Kier alpha value is -3.02. The number of aliphatic imine (C=N–C) groups is 1. The van der Waals surface area contributed by atoms with Gasteiger partial charge in [-0.25, -0.2) is 0 Å². The first-order valence-corrected chi connectivity index (χ1v) is 13.0. The van der Waals surface area contributed by atoms with E-state index in [2.05, 4.69) is 33.1 Å². The smallest absolute Gasteiger partial charge is 0.280 e. The number of carbonyl (C=O) groups is 1. The van der Waals surface area contributed by atoms with Gasteiger partial charge in [0.1, 0.15) is 5.75 Å². The molecular weight excluding hydrogens is 424 g/mol. The highest BCUT2D eigenvalue weighted by Crippen LogP contribution is 2.44. The number of anilines is 2. The lowest BCUT2D eigenvalue weighted by Gasteiger charge is -2.21. The molecule has 0 aromatic heterocycles. The number of carbonyl (C=O) groups excluding carboxylic acids is 1. The molecule has 2 aromatic rings. The lowest BCUT2D eigenvalue weighted by molar-refractivity contribution is 0.100. The highest BCUT2D eigenvalue weighted by molar-refractivity contribution is 6.03. The minimum atomic E-state index is -0.214. The molecule has 3 aliphatic rings. The van der Waals surface area contributed by atoms with Crippen molar-refractivity contribution < 1.29 is 9.53 Å². The molecule has 5 rings (SSSR count). The van der Waals surface area contributed by atoms with E-state index < -0.39 is 0 Å². The minimum Gasteiger partial charge on any atom is -0.494 e. The lowest BCUT2D eigenvalue weighted by Crippen LogP contribution is -2.25. The maximum Gasteiger partial charge on any atom is 0.280 e. The van der Waals surface area contributed by atoms with Crippen molar-refractivity contribution in [3.8, 4) is 5.75 Å². The van der Waals surface area contributed by atoms with Crippen molar-refractivity contribution >= 4 is 23.2 Å². The van der Waals surface area contributed by atoms with Gasteiger partial charge in [0.25, 0.3) is 5.91 Å². The summed E-state index contributed by atoms with van der Waals surface area (Å²) in [5.74, 6) is 2.66. The zero-order chi connectivity index (χ0) is 23.2. The fourth-order valence-electron chi connectivity index (χ4n) is 5.07. The Morgan fingerprint density at radius 1 is 1.00 bits per heavy atom. The van der Waals surface area contributed by atoms with Gasteiger partial charge in [0.15, 0.2) is 5.96 Å². The van der Waals surface area contributed by atoms with E-state index in [9.17, 15) is 4.79 Å². The van der Waals surface area contributed by atoms with Gasteiger partial charge in [-0.15, -0.1) is 0 Å². The fourth-order valence-corrected chi connectivity index (χ4v) is 5.07. The van der Waals surface area contributed by atoms with E-state index in [0.29, 0.717) is 17.4 Å². The molecule has 34 heavy (non-hydrogen) atoms. The van der Waals surface area contributed by atoms with Gasteiger partial charge in [0.05, 0.1) is 6.61 Å². The molecule has 0 spiro atoms. The molecule has 3 fully saturated rings. The Labute approximate surface area is 202 Å². The van der Waals surface area contributed by atoms with Crippen LogP contribution < -0.4 is 20.7 Å². The quantitative estimate of drug-likeness (QED) is 0.416. The second kappa shape index (κ2) is 10.9. The van der Waals surface area contributed by atoms with E-state index in [-0.39, 0.29) is 5.91 Å². The highest BCUT2D eigenvalue weighted by atomic mass is 16.5. The fraction of sp³-hybridized carbons (Fsp3) is 0.500. The second-order valence-corrected chi connectivity index (χ2v) is 9.84. The zero-order valence-corrected chi connectivity index (χ0v) is 19.9. The van der Waals surface area contributed by atoms with E-state index in [1.807, 2.05) is 30.3 Å². The van der Waals surface area contributed by atoms with Crippen LogP contribution in [0.25, 0.3) is 0 Å². The molecule has 3 N–H and O–H groups in total. The van der Waals surface area contributed by atoms with Gasteiger partial charge in [-0.3, -0.25) is 4.79 Å². The topological polar surface area (TPSA) is 74.8 Å². The Bertz CT molecular complexity index is 1020. The Morgan fingerprint density at radius 2 is 1.82 bits per heavy atom. The molecule has 0 radical (unpaired) electrons. The zero-order valence-electron chi connectivity index (χ0n) is 19.9. The van der Waals surface area contributed by atoms with E-state index in [1.165, 1.54) is 44.1 Å². The first-order valence-electron chi connectivity index (χ1n) is 13.0. The van der Waals surface area contributed by atoms with Gasteiger partial charge in [0, 0.05) is 36.1 Å². The summed E-state index contributed by atoms with van der Waals surface area (Å²) in [6, 6.07) is 14.1. The van der Waals surface area contributed by atoms with Crippen LogP contribution in [-0.4, -0.2) is 31.6 Å². The summed E-state index contributed by atoms with van der Waals surface area (Å²) in [6.45, 7) is 2.37. The molecule has 1 amide bonds. The molecule has 1 heterocycles. The van der Waals surface area contributed by atoms with E-state index in [0.717, 1.165) is 62.0 Å². The molecule has 180 valence electrons. The SMILES string of the molecule is O=C(N=C1NCCN1)c1ccc(Nc2cccc(OCCCC3CCCCC3)c2)c(C2CC2)c1. The number of nitrogens with zero attached hydrogens (tertiary/aromatic N) is 1. The standard InChI is InChI=1S/C28H36N4O2/c33-27(32-28-29-15-16-30-28)22-13-14-26(25(18-22)21-11-12-21)31-23-9-4-10-24(19-23)34-17-5-8-20-6-2-1-3-7-20/h4,9-10,13-14,18-21,31H,1-3,5-8,11-12,15-17H2,(H2,29,30,32,33). The number of rotatable bonds is 9. The maximum absolute atomic E-state index is 12.6. The van der Waals surface area contributed by atoms with Crippen LogP contribution in [0.5, 0.6) is 5.75 Å². The maximum atomic E-state index is 12.6. The van der Waals surface area contributed by atoms with Crippen LogP contribution in [0.3, 0.4) is 0 Å². The van der Waals surface area contributed by atoms with Crippen molar-refractivity contribution in [2.45, 2.75) is 63.7 Å². The number of hydrogen-bond acceptors (Lipinski definition) is 3. The summed E-state index contributed by atoms with van der Waals surface area (Å²) in [6.07, 6.45) is 11.7. The molecule has 2 aromatic carbocycles. The van der Waals surface area contributed by atoms with Crippen LogP contribution in [0.15, 0.2) is 47.5 Å². The first-order chi connectivity index (χ1) is 16.7. The van der Waals surface area contributed by atoms with Crippen LogP contribution in [0.1, 0.15) is 79.6 Å². The predicted octanol–water partition coefficient (Wildman–Crippen LogP) is 5.74. The molecule has 6 heteroatoms. The Kier molecular flexibility index (Phi) is 7.32. The summed E-state index contributed by atoms with van der Waals surface area (Å²) >= 11 is 0. The molecule has 0 atom stereocenters. The van der Waals surface area contributed by atoms with Gasteiger partial charge in [0.2, 0.25) is 0 Å². The summed E-state index contributed by atoms with van der Waals surface area (Å²) in [7, 11) is 0. The van der Waals surface area contributed by atoms with Crippen molar-refractivity contribution in [1.29, 1.82) is 0 Å². The van der Waals surface area contributed by atoms with Gasteiger partial charge >= 0.3 is 0 Å². The second-order valence-electron chi connectivity index (χ2n) is 9.84. The van der Waals surface area contributed by atoms with Gasteiger partial charge in [-0.05, 0) is 73.4 Å². The molecule has 2 saturated carbocycles. The highest BCUT2D eigenvalue weighted by Gasteiger charge is 2.27. The molecular formula is C28H36N4O2. The van der Waals surface area contributed by atoms with Gasteiger partial charge in [-0.2, -0.15) is 4.99 Å². The van der Waals surface area contributed by atoms with Crippen molar-refractivity contribution in [1.82, 2.24) is 10.6 Å². The molecule has 2 aliphatic carbocycles. The third kappa shape index (κ3) is 6.10. The minimum absolute atomic E-state index is 0.214. The van der Waals surface area contributed by atoms with Crippen molar-refractivity contribution in [3.05, 3.63) is 53.6 Å². The number of ether oxygens (including phenoxy) is 1. The molecule has 0 unspecified atom stereocenters. The Morgan fingerprint density at radius 3 is 2.62 bits per heavy atom. The lowest BCUT2D eigenvalue weighted by atomic mass is 9.86. The van der Waals surface area contributed by atoms with Crippen LogP contribution in [0.2, 0.25) is 0 Å². The summed E-state index contributed by atoms with van der Waals surface area (Å²) in [5.41, 5.74) is 3.88. The average Bonchev–Trinajstić information content (AvgIpc) is 3.59. The van der Waals surface area contributed by atoms with Crippen LogP contribution in [-0.2, 0) is 0 Å². The van der Waals surface area contributed by atoms with E-state index in [4.69, 9.17) is 4.74 Å². The van der Waals surface area contributed by atoms with E-state index >= 15 is 0 Å². The predicted molar refractivity (Wildman–Crippen MR) is 137 cm³/mol. The van der Waals surface area contributed by atoms with Crippen molar-refractivity contribution in [2.75, 3.05) is 25.0 Å². The number of amides is 1. The van der Waals surface area contributed by atoms with Gasteiger partial charge in [-0.1, -0.05) is 38.2 Å². The molecule has 1 aliphatic heterocycles. The average molecular weight is 461 g/mol. The molecule has 0 bridgehead atoms. The summed E-state index contributed by atoms with van der Waals surface area (Å²) in [4.78, 5) is 16.8. The number of hydrogen-bond donors (Lipinski definition) is 3. The van der Waals surface area contributed by atoms with Gasteiger partial charge < -0.3 is 20.7 Å². The molecule has 1 saturated heterocycles. The van der Waals surface area contributed by atoms with Crippen LogP contribution in [0, 0.1) is 5.92 Å². The Balaban J connectivity index is 1.20. The van der Waals surface area contributed by atoms with Crippen molar-refractivity contribution in [2.24, 2.45) is 10.9 Å². The largest absolute Gasteiger partial charge is 0.494 e. The summed E-state index contributed by atoms with van der Waals surface area (Å²) in [5, 5.41) is 9.73. The third-order valence-electron chi connectivity index (χ3n) is 7.10. The number of benzene rings is 2. The van der Waals surface area contributed by atoms with Crippen LogP contribution in [0.4, 0.5) is 11.4 Å².